The summed E-state index contributed by atoms with van der Waals surface area (Å²) in [7, 11) is 0. The Morgan fingerprint density at radius 1 is 1.71 bits per heavy atom. The van der Waals surface area contributed by atoms with Gasteiger partial charge in [-0.05, 0) is 26.2 Å². The summed E-state index contributed by atoms with van der Waals surface area (Å²) < 4.78 is 1.73. The minimum absolute atomic E-state index is 0.0135. The lowest BCUT2D eigenvalue weighted by Crippen LogP contribution is -2.28. The van der Waals surface area contributed by atoms with Crippen LogP contribution in [-0.4, -0.2) is 15.6 Å². The van der Waals surface area contributed by atoms with Crippen LogP contribution in [0, 0.1) is 0 Å². The Labute approximate surface area is 82.8 Å². The van der Waals surface area contributed by atoms with Crippen LogP contribution in [-0.2, 0) is 6.42 Å². The highest BCUT2D eigenvalue weighted by atomic mass is 16.1. The summed E-state index contributed by atoms with van der Waals surface area (Å²) in [4.78, 5) is 15.9. The number of hydrogen-bond acceptors (Lipinski definition) is 3. The molecule has 1 saturated carbocycles. The molecule has 1 heterocycles. The van der Waals surface area contributed by atoms with E-state index in [0.717, 1.165) is 18.4 Å². The van der Waals surface area contributed by atoms with E-state index in [0.29, 0.717) is 12.5 Å². The fraction of sp³-hybridized carbons (Fsp3) is 0.600. The van der Waals surface area contributed by atoms with Gasteiger partial charge in [-0.2, -0.15) is 0 Å². The molecule has 0 spiro atoms. The van der Waals surface area contributed by atoms with E-state index in [2.05, 4.69) is 4.98 Å². The smallest absolute Gasteiger partial charge is 0.256 e. The molecular formula is C10H15N3O. The van der Waals surface area contributed by atoms with Crippen LogP contribution in [0.4, 0.5) is 0 Å². The Bertz CT molecular complexity index is 379. The zero-order chi connectivity index (χ0) is 10.1. The molecule has 1 unspecified atom stereocenters. The first kappa shape index (κ1) is 9.40. The number of aromatic nitrogens is 2. The van der Waals surface area contributed by atoms with Crippen LogP contribution in [0.25, 0.3) is 0 Å². The third-order valence-electron chi connectivity index (χ3n) is 2.41. The van der Waals surface area contributed by atoms with Crippen molar-refractivity contribution in [2.45, 2.75) is 38.3 Å². The van der Waals surface area contributed by atoms with E-state index >= 15 is 0 Å². The number of nitrogens with zero attached hydrogens (tertiary/aromatic N) is 2. The summed E-state index contributed by atoms with van der Waals surface area (Å²) in [5, 5.41) is 0. The Balaban J connectivity index is 2.31. The SMILES string of the molecule is CC(N)Cc1cncn(C2CC2)c1=O. The van der Waals surface area contributed by atoms with Crippen molar-refractivity contribution in [3.63, 3.8) is 0 Å². The molecule has 76 valence electrons. The van der Waals surface area contributed by atoms with Crippen molar-refractivity contribution in [3.8, 4) is 0 Å². The molecule has 1 fully saturated rings. The van der Waals surface area contributed by atoms with Gasteiger partial charge in [0, 0.05) is 23.8 Å². The summed E-state index contributed by atoms with van der Waals surface area (Å²) >= 11 is 0. The average molecular weight is 193 g/mol. The normalized spacial score (nSPS) is 18.1. The average Bonchev–Trinajstić information content (AvgIpc) is 2.91. The largest absolute Gasteiger partial charge is 0.328 e. The quantitative estimate of drug-likeness (QED) is 0.759. The van der Waals surface area contributed by atoms with Crippen molar-refractivity contribution in [1.82, 2.24) is 9.55 Å². The molecule has 4 nitrogen and oxygen atoms in total. The van der Waals surface area contributed by atoms with Crippen molar-refractivity contribution in [2.24, 2.45) is 5.73 Å². The Morgan fingerprint density at radius 2 is 2.43 bits per heavy atom. The molecule has 0 bridgehead atoms. The maximum atomic E-state index is 11.9. The second-order valence-electron chi connectivity index (χ2n) is 4.04. The van der Waals surface area contributed by atoms with Gasteiger partial charge in [0.2, 0.25) is 0 Å². The Kier molecular flexibility index (Phi) is 2.37. The van der Waals surface area contributed by atoms with Crippen LogP contribution in [0.1, 0.15) is 31.4 Å². The molecule has 0 saturated heterocycles. The molecule has 4 heteroatoms. The predicted octanol–water partition coefficient (Wildman–Crippen LogP) is 0.468. The minimum atomic E-state index is 0.0135. The van der Waals surface area contributed by atoms with Crippen molar-refractivity contribution in [1.29, 1.82) is 0 Å². The van der Waals surface area contributed by atoms with Crippen LogP contribution in [0.2, 0.25) is 0 Å². The van der Waals surface area contributed by atoms with Gasteiger partial charge in [0.15, 0.2) is 0 Å². The molecule has 1 aliphatic carbocycles. The maximum Gasteiger partial charge on any atom is 0.256 e. The highest BCUT2D eigenvalue weighted by Crippen LogP contribution is 2.32. The van der Waals surface area contributed by atoms with E-state index in [4.69, 9.17) is 5.73 Å². The van der Waals surface area contributed by atoms with Crippen LogP contribution in [0.3, 0.4) is 0 Å². The van der Waals surface area contributed by atoms with Gasteiger partial charge < -0.3 is 5.73 Å². The van der Waals surface area contributed by atoms with Gasteiger partial charge in [-0.25, -0.2) is 4.98 Å². The lowest BCUT2D eigenvalue weighted by Gasteiger charge is -2.07. The van der Waals surface area contributed by atoms with Crippen molar-refractivity contribution >= 4 is 0 Å². The summed E-state index contributed by atoms with van der Waals surface area (Å²) in [5.41, 5.74) is 6.47. The third-order valence-corrected chi connectivity index (χ3v) is 2.41. The van der Waals surface area contributed by atoms with E-state index in [1.165, 1.54) is 0 Å². The molecule has 0 amide bonds. The fourth-order valence-corrected chi connectivity index (χ4v) is 1.57. The first-order valence-corrected chi connectivity index (χ1v) is 4.99. The summed E-state index contributed by atoms with van der Waals surface area (Å²) in [6, 6.07) is 0.405. The molecule has 14 heavy (non-hydrogen) atoms. The van der Waals surface area contributed by atoms with Crippen molar-refractivity contribution < 1.29 is 0 Å². The van der Waals surface area contributed by atoms with Crippen molar-refractivity contribution in [3.05, 3.63) is 28.4 Å². The molecule has 0 aliphatic heterocycles. The van der Waals surface area contributed by atoms with E-state index in [1.807, 2.05) is 6.92 Å². The Morgan fingerprint density at radius 3 is 3.00 bits per heavy atom. The van der Waals surface area contributed by atoms with Gasteiger partial charge in [-0.3, -0.25) is 9.36 Å². The molecule has 1 atom stereocenters. The van der Waals surface area contributed by atoms with Crippen molar-refractivity contribution in [2.75, 3.05) is 0 Å². The number of rotatable bonds is 3. The summed E-state index contributed by atoms with van der Waals surface area (Å²) in [6.45, 7) is 1.90. The van der Waals surface area contributed by atoms with E-state index < -0.39 is 0 Å². The molecule has 0 aromatic carbocycles. The second-order valence-corrected chi connectivity index (χ2v) is 4.04. The lowest BCUT2D eigenvalue weighted by molar-refractivity contribution is 0.655. The van der Waals surface area contributed by atoms with Gasteiger partial charge >= 0.3 is 0 Å². The first-order chi connectivity index (χ1) is 6.68. The van der Waals surface area contributed by atoms with Crippen LogP contribution in [0.5, 0.6) is 0 Å². The zero-order valence-electron chi connectivity index (χ0n) is 8.31. The topological polar surface area (TPSA) is 60.9 Å². The number of hydrogen-bond donors (Lipinski definition) is 1. The Hall–Kier alpha value is -1.16. The summed E-state index contributed by atoms with van der Waals surface area (Å²) in [6.07, 6.45) is 6.07. The molecule has 2 N–H and O–H groups in total. The van der Waals surface area contributed by atoms with Crippen LogP contribution in [0.15, 0.2) is 17.3 Å². The summed E-state index contributed by atoms with van der Waals surface area (Å²) in [5.74, 6) is 0. The van der Waals surface area contributed by atoms with Gasteiger partial charge in [0.1, 0.15) is 0 Å². The second kappa shape index (κ2) is 3.53. The molecule has 1 aromatic rings. The van der Waals surface area contributed by atoms with E-state index in [1.54, 1.807) is 17.1 Å². The van der Waals surface area contributed by atoms with Crippen LogP contribution >= 0.6 is 0 Å². The first-order valence-electron chi connectivity index (χ1n) is 4.99. The molecular weight excluding hydrogens is 178 g/mol. The predicted molar refractivity (Wildman–Crippen MR) is 54.1 cm³/mol. The van der Waals surface area contributed by atoms with Gasteiger partial charge in [0.25, 0.3) is 5.56 Å². The molecule has 1 aromatic heterocycles. The highest BCUT2D eigenvalue weighted by Gasteiger charge is 2.25. The lowest BCUT2D eigenvalue weighted by atomic mass is 10.1. The standard InChI is InChI=1S/C10H15N3O/c1-7(11)4-8-5-12-6-13(10(8)14)9-2-3-9/h5-7,9H,2-4,11H2,1H3. The van der Waals surface area contributed by atoms with Crippen LogP contribution < -0.4 is 11.3 Å². The number of nitrogens with two attached hydrogens (primary N) is 1. The third kappa shape index (κ3) is 1.85. The van der Waals surface area contributed by atoms with Gasteiger partial charge in [-0.1, -0.05) is 0 Å². The maximum absolute atomic E-state index is 11.9. The van der Waals surface area contributed by atoms with E-state index in [9.17, 15) is 4.79 Å². The van der Waals surface area contributed by atoms with E-state index in [-0.39, 0.29) is 11.6 Å². The fourth-order valence-electron chi connectivity index (χ4n) is 1.57. The molecule has 1 aliphatic rings. The molecule has 0 radical (unpaired) electrons. The van der Waals surface area contributed by atoms with Gasteiger partial charge in [-0.15, -0.1) is 0 Å². The monoisotopic (exact) mass is 193 g/mol. The highest BCUT2D eigenvalue weighted by molar-refractivity contribution is 5.07. The van der Waals surface area contributed by atoms with Gasteiger partial charge in [0.05, 0.1) is 6.33 Å². The zero-order valence-corrected chi connectivity index (χ0v) is 8.31. The minimum Gasteiger partial charge on any atom is -0.328 e. The molecule has 2 rings (SSSR count).